The molecule has 18 heavy (non-hydrogen) atoms. The molecule has 3 N–H and O–H groups in total. The van der Waals surface area contributed by atoms with E-state index >= 15 is 0 Å². The van der Waals surface area contributed by atoms with E-state index in [2.05, 4.69) is 5.14 Å². The Labute approximate surface area is 102 Å². The fourth-order valence-electron chi connectivity index (χ4n) is 1.12. The van der Waals surface area contributed by atoms with E-state index in [9.17, 15) is 21.6 Å². The van der Waals surface area contributed by atoms with Gasteiger partial charge in [0.2, 0.25) is 0 Å². The maximum Gasteiger partial charge on any atom is 0.416 e. The highest BCUT2D eigenvalue weighted by Gasteiger charge is 2.30. The summed E-state index contributed by atoms with van der Waals surface area (Å²) in [6, 6.07) is 4.28. The zero-order valence-electron chi connectivity index (χ0n) is 9.07. The van der Waals surface area contributed by atoms with Crippen LogP contribution in [0.5, 0.6) is 5.75 Å². The SMILES string of the molecule is NS(=O)(=O)NCCOc1cccc(C(F)(F)F)c1. The van der Waals surface area contributed by atoms with Crippen LogP contribution in [-0.2, 0) is 16.4 Å². The molecule has 0 fully saturated rings. The van der Waals surface area contributed by atoms with Crippen molar-refractivity contribution in [3.8, 4) is 5.75 Å². The number of hydrogen-bond acceptors (Lipinski definition) is 3. The van der Waals surface area contributed by atoms with E-state index in [1.165, 1.54) is 12.1 Å². The number of nitrogens with one attached hydrogen (secondary N) is 1. The van der Waals surface area contributed by atoms with Gasteiger partial charge in [-0.2, -0.15) is 26.3 Å². The monoisotopic (exact) mass is 284 g/mol. The van der Waals surface area contributed by atoms with E-state index in [0.717, 1.165) is 12.1 Å². The highest BCUT2D eigenvalue weighted by molar-refractivity contribution is 7.87. The van der Waals surface area contributed by atoms with Crippen molar-refractivity contribution in [2.45, 2.75) is 6.18 Å². The van der Waals surface area contributed by atoms with Crippen LogP contribution in [0.4, 0.5) is 13.2 Å². The van der Waals surface area contributed by atoms with Gasteiger partial charge < -0.3 is 4.74 Å². The zero-order valence-corrected chi connectivity index (χ0v) is 9.88. The molecule has 0 aromatic heterocycles. The number of ether oxygens (including phenoxy) is 1. The third kappa shape index (κ3) is 5.34. The minimum absolute atomic E-state index is 0.000967. The lowest BCUT2D eigenvalue weighted by Crippen LogP contribution is -2.33. The van der Waals surface area contributed by atoms with Gasteiger partial charge in [0, 0.05) is 6.54 Å². The van der Waals surface area contributed by atoms with Crippen molar-refractivity contribution in [2.75, 3.05) is 13.2 Å². The van der Waals surface area contributed by atoms with E-state index in [1.807, 2.05) is 4.72 Å². The Bertz CT molecular complexity index is 502. The van der Waals surface area contributed by atoms with Gasteiger partial charge >= 0.3 is 6.18 Å². The van der Waals surface area contributed by atoms with Crippen molar-refractivity contribution in [1.82, 2.24) is 4.72 Å². The first-order valence-corrected chi connectivity index (χ1v) is 6.30. The molecule has 0 unspecified atom stereocenters. The molecule has 9 heteroatoms. The van der Waals surface area contributed by atoms with Crippen molar-refractivity contribution in [3.63, 3.8) is 0 Å². The average Bonchev–Trinajstić information content (AvgIpc) is 2.22. The molecule has 1 rings (SSSR count). The predicted octanol–water partition coefficient (Wildman–Crippen LogP) is 0.877. The molecule has 102 valence electrons. The lowest BCUT2D eigenvalue weighted by atomic mass is 10.2. The molecule has 0 aliphatic carbocycles. The molecule has 0 aliphatic rings. The molecule has 0 radical (unpaired) electrons. The summed E-state index contributed by atoms with van der Waals surface area (Å²) in [5.41, 5.74) is -0.834. The molecule has 0 bridgehead atoms. The molecule has 0 atom stereocenters. The van der Waals surface area contributed by atoms with Gasteiger partial charge in [-0.25, -0.2) is 5.14 Å². The summed E-state index contributed by atoms with van der Waals surface area (Å²) in [6.45, 7) is -0.257. The number of rotatable bonds is 5. The van der Waals surface area contributed by atoms with E-state index in [0.29, 0.717) is 0 Å². The summed E-state index contributed by atoms with van der Waals surface area (Å²) in [7, 11) is -3.82. The van der Waals surface area contributed by atoms with Gasteiger partial charge in [0.05, 0.1) is 5.56 Å². The lowest BCUT2D eigenvalue weighted by molar-refractivity contribution is -0.137. The smallest absolute Gasteiger partial charge is 0.416 e. The largest absolute Gasteiger partial charge is 0.492 e. The van der Waals surface area contributed by atoms with E-state index in [4.69, 9.17) is 4.74 Å². The van der Waals surface area contributed by atoms with Gasteiger partial charge in [-0.1, -0.05) is 6.07 Å². The summed E-state index contributed by atoms with van der Waals surface area (Å²) in [5, 5.41) is 4.65. The second-order valence-corrected chi connectivity index (χ2v) is 4.69. The van der Waals surface area contributed by atoms with Crippen LogP contribution in [-0.4, -0.2) is 21.6 Å². The number of halogens is 3. The normalized spacial score (nSPS) is 12.4. The van der Waals surface area contributed by atoms with E-state index in [1.54, 1.807) is 0 Å². The fraction of sp³-hybridized carbons (Fsp3) is 0.333. The molecule has 5 nitrogen and oxygen atoms in total. The average molecular weight is 284 g/mol. The summed E-state index contributed by atoms with van der Waals surface area (Å²) >= 11 is 0. The Morgan fingerprint density at radius 3 is 2.56 bits per heavy atom. The third-order valence-electron chi connectivity index (χ3n) is 1.84. The van der Waals surface area contributed by atoms with Crippen LogP contribution in [0, 0.1) is 0 Å². The van der Waals surface area contributed by atoms with Gasteiger partial charge in [0.1, 0.15) is 12.4 Å². The number of alkyl halides is 3. The molecule has 0 aliphatic heterocycles. The van der Waals surface area contributed by atoms with Crippen molar-refractivity contribution >= 4 is 10.2 Å². The van der Waals surface area contributed by atoms with Gasteiger partial charge in [0.25, 0.3) is 10.2 Å². The molecule has 0 heterocycles. The second kappa shape index (κ2) is 5.55. The summed E-state index contributed by atoms with van der Waals surface area (Å²) in [5.74, 6) is 0.000967. The fourth-order valence-corrected chi connectivity index (χ4v) is 1.48. The highest BCUT2D eigenvalue weighted by Crippen LogP contribution is 2.31. The Hall–Kier alpha value is -1.32. The second-order valence-electron chi connectivity index (χ2n) is 3.31. The maximum absolute atomic E-state index is 12.3. The maximum atomic E-state index is 12.3. The van der Waals surface area contributed by atoms with Gasteiger partial charge in [-0.15, -0.1) is 0 Å². The van der Waals surface area contributed by atoms with Crippen molar-refractivity contribution in [1.29, 1.82) is 0 Å². The van der Waals surface area contributed by atoms with Crippen LogP contribution in [0.1, 0.15) is 5.56 Å². The van der Waals surface area contributed by atoms with Gasteiger partial charge in [-0.05, 0) is 18.2 Å². The standard InChI is InChI=1S/C9H11F3N2O3S/c10-9(11,12)7-2-1-3-8(6-7)17-5-4-14-18(13,15)16/h1-3,6,14H,4-5H2,(H2,13,15,16). The molecule has 1 aromatic rings. The van der Waals surface area contributed by atoms with Crippen molar-refractivity contribution < 1.29 is 26.3 Å². The van der Waals surface area contributed by atoms with Crippen LogP contribution in [0.3, 0.4) is 0 Å². The third-order valence-corrected chi connectivity index (χ3v) is 2.44. The minimum atomic E-state index is -4.45. The highest BCUT2D eigenvalue weighted by atomic mass is 32.2. The van der Waals surface area contributed by atoms with Crippen LogP contribution >= 0.6 is 0 Å². The minimum Gasteiger partial charge on any atom is -0.492 e. The number of hydrogen-bond donors (Lipinski definition) is 2. The van der Waals surface area contributed by atoms with E-state index in [-0.39, 0.29) is 18.9 Å². The molecule has 0 saturated carbocycles. The quantitative estimate of drug-likeness (QED) is 0.787. The number of nitrogens with two attached hydrogens (primary N) is 1. The molecule has 0 saturated heterocycles. The van der Waals surface area contributed by atoms with Crippen LogP contribution in [0.25, 0.3) is 0 Å². The number of benzene rings is 1. The Balaban J connectivity index is 2.53. The Kier molecular flexibility index (Phi) is 4.54. The summed E-state index contributed by atoms with van der Waals surface area (Å²) < 4.78 is 64.9. The van der Waals surface area contributed by atoms with Gasteiger partial charge in [0.15, 0.2) is 0 Å². The van der Waals surface area contributed by atoms with Gasteiger partial charge in [-0.3, -0.25) is 0 Å². The topological polar surface area (TPSA) is 81.4 Å². The first-order valence-electron chi connectivity index (χ1n) is 4.76. The molecular weight excluding hydrogens is 273 g/mol. The molecule has 0 amide bonds. The molecule has 0 spiro atoms. The van der Waals surface area contributed by atoms with Crippen LogP contribution in [0.2, 0.25) is 0 Å². The van der Waals surface area contributed by atoms with Crippen LogP contribution < -0.4 is 14.6 Å². The Morgan fingerprint density at radius 2 is 2.00 bits per heavy atom. The lowest BCUT2D eigenvalue weighted by Gasteiger charge is -2.10. The Morgan fingerprint density at radius 1 is 1.33 bits per heavy atom. The van der Waals surface area contributed by atoms with E-state index < -0.39 is 21.9 Å². The van der Waals surface area contributed by atoms with Crippen molar-refractivity contribution in [2.24, 2.45) is 5.14 Å². The molecule has 1 aromatic carbocycles. The zero-order chi connectivity index (χ0) is 13.8. The van der Waals surface area contributed by atoms with Crippen LogP contribution in [0.15, 0.2) is 24.3 Å². The summed E-state index contributed by atoms with van der Waals surface area (Å²) in [6.07, 6.45) is -4.45. The molecular formula is C9H11F3N2O3S. The van der Waals surface area contributed by atoms with Crippen molar-refractivity contribution in [3.05, 3.63) is 29.8 Å². The first-order chi connectivity index (χ1) is 8.18. The first kappa shape index (κ1) is 14.7. The predicted molar refractivity (Wildman–Crippen MR) is 58.0 cm³/mol. The summed E-state index contributed by atoms with van der Waals surface area (Å²) in [4.78, 5) is 0.